The van der Waals surface area contributed by atoms with Gasteiger partial charge in [-0.05, 0) is 166 Å². The first kappa shape index (κ1) is 42.1. The molecule has 0 amide bonds. The molecule has 0 aliphatic carbocycles. The first-order valence-electron chi connectivity index (χ1n) is 23.7. The molecule has 11 aromatic rings. The standard InChI is InChI=1S/C64H52N4/c1-4-24-55(25-5-1)66(62-33-30-49-18-10-13-21-52(49)46-62)45-17-16-44-65(56-36-40-60(41-37-56)67(58-26-6-2-7-27-58)63-34-31-50-19-11-14-22-53(50)47-63)57-38-42-61(43-39-57)68(59-28-8-3-9-29-59)64-35-32-51-20-12-15-23-54(51)48-64/h1-15,18-43,46-48H,16-17,44-45H2. The molecule has 4 nitrogen and oxygen atoms in total. The molecule has 0 saturated heterocycles. The van der Waals surface area contributed by atoms with E-state index in [1.165, 1.54) is 43.7 Å². The van der Waals surface area contributed by atoms with Crippen molar-refractivity contribution >= 4 is 89.2 Å². The zero-order chi connectivity index (χ0) is 45.5. The van der Waals surface area contributed by atoms with Crippen molar-refractivity contribution < 1.29 is 0 Å². The van der Waals surface area contributed by atoms with Crippen molar-refractivity contribution in [3.05, 3.63) is 267 Å². The quantitative estimate of drug-likeness (QED) is 0.0951. The van der Waals surface area contributed by atoms with Crippen molar-refractivity contribution in [3.8, 4) is 0 Å². The molecule has 0 radical (unpaired) electrons. The number of unbranched alkanes of at least 4 members (excludes halogenated alkanes) is 1. The predicted molar refractivity (Wildman–Crippen MR) is 291 cm³/mol. The van der Waals surface area contributed by atoms with Gasteiger partial charge in [-0.15, -0.1) is 0 Å². The van der Waals surface area contributed by atoms with Crippen molar-refractivity contribution in [2.45, 2.75) is 12.8 Å². The Labute approximate surface area is 399 Å². The first-order chi connectivity index (χ1) is 33.7. The minimum atomic E-state index is 0.846. The second kappa shape index (κ2) is 19.5. The Bertz CT molecular complexity index is 3240. The molecule has 4 heteroatoms. The van der Waals surface area contributed by atoms with Crippen LogP contribution in [0.4, 0.5) is 56.9 Å². The third-order valence-electron chi connectivity index (χ3n) is 13.0. The van der Waals surface area contributed by atoms with E-state index >= 15 is 0 Å². The van der Waals surface area contributed by atoms with Gasteiger partial charge in [-0.1, -0.05) is 146 Å². The molecule has 0 unspecified atom stereocenters. The molecule has 0 spiro atoms. The highest BCUT2D eigenvalue weighted by atomic mass is 15.2. The fraction of sp³-hybridized carbons (Fsp3) is 0.0625. The number of anilines is 10. The molecule has 0 fully saturated rings. The minimum Gasteiger partial charge on any atom is -0.341 e. The molecule has 0 atom stereocenters. The molecule has 0 bridgehead atoms. The number of nitrogens with zero attached hydrogens (tertiary/aromatic N) is 4. The van der Waals surface area contributed by atoms with E-state index in [0.717, 1.165) is 71.4 Å². The number of hydrogen-bond donors (Lipinski definition) is 0. The number of hydrogen-bond acceptors (Lipinski definition) is 4. The molecular formula is C64H52N4. The second-order valence-electron chi connectivity index (χ2n) is 17.3. The molecule has 11 aromatic carbocycles. The van der Waals surface area contributed by atoms with Crippen LogP contribution in [0.15, 0.2) is 267 Å². The van der Waals surface area contributed by atoms with Crippen LogP contribution in [0.1, 0.15) is 12.8 Å². The predicted octanol–water partition coefficient (Wildman–Crippen LogP) is 17.8. The molecule has 0 saturated carbocycles. The number of para-hydroxylation sites is 3. The Morgan fingerprint density at radius 1 is 0.191 bits per heavy atom. The zero-order valence-corrected chi connectivity index (χ0v) is 38.0. The van der Waals surface area contributed by atoms with Gasteiger partial charge in [-0.2, -0.15) is 0 Å². The van der Waals surface area contributed by atoms with E-state index in [2.05, 4.69) is 287 Å². The lowest BCUT2D eigenvalue weighted by Gasteiger charge is -2.30. The molecule has 0 N–H and O–H groups in total. The van der Waals surface area contributed by atoms with Gasteiger partial charge in [0.05, 0.1) is 0 Å². The van der Waals surface area contributed by atoms with E-state index in [9.17, 15) is 0 Å². The van der Waals surface area contributed by atoms with Crippen LogP contribution in [0.3, 0.4) is 0 Å². The van der Waals surface area contributed by atoms with Crippen LogP contribution in [-0.4, -0.2) is 13.1 Å². The lowest BCUT2D eigenvalue weighted by molar-refractivity contribution is 0.730. The summed E-state index contributed by atoms with van der Waals surface area (Å²) in [5, 5.41) is 7.40. The van der Waals surface area contributed by atoms with Crippen molar-refractivity contribution in [2.75, 3.05) is 32.7 Å². The van der Waals surface area contributed by atoms with Crippen molar-refractivity contribution in [2.24, 2.45) is 0 Å². The summed E-state index contributed by atoms with van der Waals surface area (Å²) in [6.45, 7) is 1.74. The van der Waals surface area contributed by atoms with E-state index in [0.29, 0.717) is 0 Å². The van der Waals surface area contributed by atoms with Crippen molar-refractivity contribution in [1.82, 2.24) is 0 Å². The van der Waals surface area contributed by atoms with Gasteiger partial charge in [0, 0.05) is 70.0 Å². The van der Waals surface area contributed by atoms with Gasteiger partial charge in [-0.3, -0.25) is 0 Å². The highest BCUT2D eigenvalue weighted by Crippen LogP contribution is 2.40. The number of rotatable bonds is 15. The van der Waals surface area contributed by atoms with Crippen LogP contribution in [0.5, 0.6) is 0 Å². The Hall–Kier alpha value is -8.60. The minimum absolute atomic E-state index is 0.846. The average molecular weight is 877 g/mol. The molecule has 68 heavy (non-hydrogen) atoms. The summed E-state index contributed by atoms with van der Waals surface area (Å²) in [4.78, 5) is 9.66. The normalized spacial score (nSPS) is 11.2. The molecule has 0 heterocycles. The van der Waals surface area contributed by atoms with Crippen molar-refractivity contribution in [3.63, 3.8) is 0 Å². The third-order valence-corrected chi connectivity index (χ3v) is 13.0. The molecule has 328 valence electrons. The Morgan fingerprint density at radius 2 is 0.441 bits per heavy atom. The summed E-state index contributed by atoms with van der Waals surface area (Å²) >= 11 is 0. The van der Waals surface area contributed by atoms with Gasteiger partial charge in [-0.25, -0.2) is 0 Å². The van der Waals surface area contributed by atoms with Gasteiger partial charge in [0.15, 0.2) is 0 Å². The summed E-state index contributed by atoms with van der Waals surface area (Å²) in [5.41, 5.74) is 11.4. The first-order valence-corrected chi connectivity index (χ1v) is 23.7. The number of benzene rings is 11. The SMILES string of the molecule is c1ccc(N(CCCCN(c2ccc(N(c3ccccc3)c3ccc4ccccc4c3)cc2)c2ccc(N(c3ccccc3)c3ccc4ccccc4c3)cc2)c2ccc3ccccc3c2)cc1. The molecule has 11 rings (SSSR count). The molecule has 0 aromatic heterocycles. The van der Waals surface area contributed by atoms with E-state index < -0.39 is 0 Å². The maximum absolute atomic E-state index is 2.49. The summed E-state index contributed by atoms with van der Waals surface area (Å²) in [5.74, 6) is 0. The Kier molecular flexibility index (Phi) is 12.0. The summed E-state index contributed by atoms with van der Waals surface area (Å²) in [7, 11) is 0. The van der Waals surface area contributed by atoms with E-state index in [4.69, 9.17) is 0 Å². The summed E-state index contributed by atoms with van der Waals surface area (Å²) < 4.78 is 0. The monoisotopic (exact) mass is 876 g/mol. The lowest BCUT2D eigenvalue weighted by Crippen LogP contribution is -2.22. The van der Waals surface area contributed by atoms with Crippen LogP contribution < -0.4 is 19.6 Å². The fourth-order valence-electron chi connectivity index (χ4n) is 9.55. The Balaban J connectivity index is 0.927. The maximum Gasteiger partial charge on any atom is 0.0468 e. The Morgan fingerprint density at radius 3 is 0.838 bits per heavy atom. The van der Waals surface area contributed by atoms with Crippen LogP contribution in [0.25, 0.3) is 32.3 Å². The zero-order valence-electron chi connectivity index (χ0n) is 38.0. The van der Waals surface area contributed by atoms with Crippen molar-refractivity contribution in [1.29, 1.82) is 0 Å². The summed E-state index contributed by atoms with van der Waals surface area (Å²) in [6.07, 6.45) is 1.99. The van der Waals surface area contributed by atoms with Gasteiger partial charge >= 0.3 is 0 Å². The lowest BCUT2D eigenvalue weighted by atomic mass is 10.1. The topological polar surface area (TPSA) is 13.0 Å². The maximum atomic E-state index is 2.49. The molecular weight excluding hydrogens is 825 g/mol. The van der Waals surface area contributed by atoms with Gasteiger partial charge in [0.2, 0.25) is 0 Å². The van der Waals surface area contributed by atoms with Gasteiger partial charge in [0.25, 0.3) is 0 Å². The average Bonchev–Trinajstić information content (AvgIpc) is 3.41. The largest absolute Gasteiger partial charge is 0.341 e. The smallest absolute Gasteiger partial charge is 0.0468 e. The van der Waals surface area contributed by atoms with Gasteiger partial charge < -0.3 is 19.6 Å². The van der Waals surface area contributed by atoms with Crippen LogP contribution in [0, 0.1) is 0 Å². The third kappa shape index (κ3) is 9.00. The molecule has 0 aliphatic heterocycles. The van der Waals surface area contributed by atoms with Gasteiger partial charge in [0.1, 0.15) is 0 Å². The second-order valence-corrected chi connectivity index (χ2v) is 17.3. The van der Waals surface area contributed by atoms with Crippen LogP contribution in [0.2, 0.25) is 0 Å². The summed E-state index contributed by atoms with van der Waals surface area (Å²) in [6, 6.07) is 96.5. The van der Waals surface area contributed by atoms with E-state index in [1.54, 1.807) is 0 Å². The van der Waals surface area contributed by atoms with Crippen LogP contribution >= 0.6 is 0 Å². The van der Waals surface area contributed by atoms with Crippen LogP contribution in [-0.2, 0) is 0 Å². The highest BCUT2D eigenvalue weighted by Gasteiger charge is 2.18. The highest BCUT2D eigenvalue weighted by molar-refractivity contribution is 5.91. The van der Waals surface area contributed by atoms with E-state index in [1.807, 2.05) is 0 Å². The molecule has 0 aliphatic rings. The van der Waals surface area contributed by atoms with E-state index in [-0.39, 0.29) is 0 Å². The fourth-order valence-corrected chi connectivity index (χ4v) is 9.55. The number of fused-ring (bicyclic) bond motifs is 3.